The molecule has 0 heterocycles. The molecule has 1 aromatic carbocycles. The van der Waals surface area contributed by atoms with Gasteiger partial charge in [-0.2, -0.15) is 4.31 Å². The van der Waals surface area contributed by atoms with Gasteiger partial charge in [0.05, 0.1) is 10.0 Å². The maximum atomic E-state index is 12.8. The fourth-order valence-electron chi connectivity index (χ4n) is 1.98. The maximum absolute atomic E-state index is 12.8. The second-order valence-electron chi connectivity index (χ2n) is 4.92. The Balaban J connectivity index is 3.21. The van der Waals surface area contributed by atoms with Crippen LogP contribution in [0.4, 0.5) is 5.69 Å². The largest absolute Gasteiger partial charge is 0.399 e. The van der Waals surface area contributed by atoms with Crippen LogP contribution in [-0.2, 0) is 10.0 Å². The summed E-state index contributed by atoms with van der Waals surface area (Å²) in [5.41, 5.74) is 5.98. The molecule has 1 aromatic rings. The number of unbranched alkanes of at least 4 members (excludes halogenated alkanes) is 2. The van der Waals surface area contributed by atoms with Crippen LogP contribution < -0.4 is 5.73 Å². The molecular formula is C14H22Cl2N2O2S. The molecule has 1 rings (SSSR count). The fourth-order valence-corrected chi connectivity index (χ4v) is 4.67. The first-order valence-electron chi connectivity index (χ1n) is 7.09. The van der Waals surface area contributed by atoms with Crippen molar-refractivity contribution in [3.05, 3.63) is 22.2 Å². The van der Waals surface area contributed by atoms with E-state index >= 15 is 0 Å². The predicted octanol–water partition coefficient (Wildman–Crippen LogP) is 4.17. The Kier molecular flexibility index (Phi) is 7.27. The Morgan fingerprint density at radius 3 is 1.86 bits per heavy atom. The molecule has 4 nitrogen and oxygen atoms in total. The smallest absolute Gasteiger partial charge is 0.246 e. The third-order valence-electron chi connectivity index (χ3n) is 3.14. The number of hydrogen-bond acceptors (Lipinski definition) is 3. The van der Waals surface area contributed by atoms with E-state index in [1.54, 1.807) is 0 Å². The average molecular weight is 353 g/mol. The highest BCUT2D eigenvalue weighted by Gasteiger charge is 2.28. The molecule has 0 saturated heterocycles. The summed E-state index contributed by atoms with van der Waals surface area (Å²) in [7, 11) is -3.71. The molecule has 7 heteroatoms. The molecule has 0 fully saturated rings. The van der Waals surface area contributed by atoms with Gasteiger partial charge in [-0.1, -0.05) is 49.9 Å². The number of nitrogens with two attached hydrogens (primary N) is 1. The second kappa shape index (κ2) is 8.22. The minimum absolute atomic E-state index is 0.0489. The van der Waals surface area contributed by atoms with Gasteiger partial charge < -0.3 is 5.73 Å². The fraction of sp³-hybridized carbons (Fsp3) is 0.571. The van der Waals surface area contributed by atoms with Gasteiger partial charge in [-0.25, -0.2) is 8.42 Å². The van der Waals surface area contributed by atoms with Crippen molar-refractivity contribution in [2.45, 2.75) is 44.4 Å². The van der Waals surface area contributed by atoms with Gasteiger partial charge in [-0.05, 0) is 25.0 Å². The lowest BCUT2D eigenvalue weighted by molar-refractivity contribution is 0.395. The molecule has 0 aliphatic heterocycles. The molecule has 0 aliphatic rings. The molecule has 0 aromatic heterocycles. The summed E-state index contributed by atoms with van der Waals surface area (Å²) in [6.45, 7) is 4.98. The van der Waals surface area contributed by atoms with Gasteiger partial charge in [0.15, 0.2) is 0 Å². The number of benzene rings is 1. The summed E-state index contributed by atoms with van der Waals surface area (Å²) in [5.74, 6) is 0. The zero-order valence-electron chi connectivity index (χ0n) is 12.4. The van der Waals surface area contributed by atoms with Crippen LogP contribution in [0.5, 0.6) is 0 Å². The van der Waals surface area contributed by atoms with Crippen molar-refractivity contribution in [2.24, 2.45) is 0 Å². The highest BCUT2D eigenvalue weighted by atomic mass is 35.5. The first-order valence-corrected chi connectivity index (χ1v) is 9.28. The Morgan fingerprint density at radius 2 is 1.48 bits per heavy atom. The zero-order valence-corrected chi connectivity index (χ0v) is 14.7. The first kappa shape index (κ1) is 18.6. The van der Waals surface area contributed by atoms with Crippen LogP contribution in [0.25, 0.3) is 0 Å². The summed E-state index contributed by atoms with van der Waals surface area (Å²) >= 11 is 12.1. The lowest BCUT2D eigenvalue weighted by Crippen LogP contribution is -2.33. The highest BCUT2D eigenvalue weighted by molar-refractivity contribution is 7.89. The molecule has 0 unspecified atom stereocenters. The number of rotatable bonds is 8. The number of nitrogens with zero attached hydrogens (tertiary/aromatic N) is 1. The van der Waals surface area contributed by atoms with Gasteiger partial charge in [-0.15, -0.1) is 0 Å². The van der Waals surface area contributed by atoms with Crippen molar-refractivity contribution in [3.8, 4) is 0 Å². The van der Waals surface area contributed by atoms with Gasteiger partial charge in [-0.3, -0.25) is 0 Å². The van der Waals surface area contributed by atoms with Gasteiger partial charge >= 0.3 is 0 Å². The number of hydrogen-bond donors (Lipinski definition) is 1. The molecule has 0 spiro atoms. The quantitative estimate of drug-likeness (QED) is 0.714. The summed E-state index contributed by atoms with van der Waals surface area (Å²) in [6, 6.07) is 2.83. The molecule has 0 aliphatic carbocycles. The van der Waals surface area contributed by atoms with Gasteiger partial charge in [0.2, 0.25) is 10.0 Å². The van der Waals surface area contributed by atoms with Crippen LogP contribution in [0.1, 0.15) is 39.5 Å². The van der Waals surface area contributed by atoms with Gasteiger partial charge in [0.25, 0.3) is 0 Å². The van der Waals surface area contributed by atoms with E-state index in [1.807, 2.05) is 13.8 Å². The molecule has 120 valence electrons. The first-order chi connectivity index (χ1) is 9.84. The number of anilines is 1. The Labute approximate surface area is 137 Å². The number of sulfonamides is 1. The van der Waals surface area contributed by atoms with Gasteiger partial charge in [0, 0.05) is 18.8 Å². The summed E-state index contributed by atoms with van der Waals surface area (Å²) < 4.78 is 27.1. The molecule has 0 bridgehead atoms. The van der Waals surface area contributed by atoms with Crippen LogP contribution in [0.2, 0.25) is 10.0 Å². The SMILES string of the molecule is CCCCN(CCCC)S(=O)(=O)c1c(Cl)cc(N)cc1Cl. The van der Waals surface area contributed by atoms with Crippen LogP contribution in [-0.4, -0.2) is 25.8 Å². The van der Waals surface area contributed by atoms with Gasteiger partial charge in [0.1, 0.15) is 4.90 Å². The predicted molar refractivity (Wildman–Crippen MR) is 89.4 cm³/mol. The topological polar surface area (TPSA) is 63.4 Å². The monoisotopic (exact) mass is 352 g/mol. The van der Waals surface area contributed by atoms with E-state index < -0.39 is 10.0 Å². The summed E-state index contributed by atoms with van der Waals surface area (Å²) in [6.07, 6.45) is 3.43. The molecule has 0 saturated carbocycles. The average Bonchev–Trinajstić information content (AvgIpc) is 2.36. The standard InChI is InChI=1S/C14H22Cl2N2O2S/c1-3-5-7-18(8-6-4-2)21(19,20)14-12(15)9-11(17)10-13(14)16/h9-10H,3-8,17H2,1-2H3. The molecule has 0 radical (unpaired) electrons. The van der Waals surface area contributed by atoms with E-state index in [-0.39, 0.29) is 14.9 Å². The third kappa shape index (κ3) is 4.74. The third-order valence-corrected chi connectivity index (χ3v) is 5.96. The van der Waals surface area contributed by atoms with Crippen LogP contribution in [0.15, 0.2) is 17.0 Å². The molecule has 0 atom stereocenters. The Hall–Kier alpha value is -0.490. The lowest BCUT2D eigenvalue weighted by atomic mass is 10.3. The van der Waals surface area contributed by atoms with Crippen LogP contribution >= 0.6 is 23.2 Å². The van der Waals surface area contributed by atoms with Crippen molar-refractivity contribution in [3.63, 3.8) is 0 Å². The molecule has 21 heavy (non-hydrogen) atoms. The summed E-state index contributed by atoms with van der Waals surface area (Å²) in [5, 5.41) is 0.135. The van der Waals surface area contributed by atoms with E-state index in [2.05, 4.69) is 0 Å². The molecule has 2 N–H and O–H groups in total. The summed E-state index contributed by atoms with van der Waals surface area (Å²) in [4.78, 5) is -0.0489. The Morgan fingerprint density at radius 1 is 1.05 bits per heavy atom. The van der Waals surface area contributed by atoms with Crippen molar-refractivity contribution in [2.75, 3.05) is 18.8 Å². The Bertz CT molecular complexity index is 545. The minimum Gasteiger partial charge on any atom is -0.399 e. The minimum atomic E-state index is -3.71. The zero-order chi connectivity index (χ0) is 16.0. The highest BCUT2D eigenvalue weighted by Crippen LogP contribution is 2.34. The molecule has 0 amide bonds. The van der Waals surface area contributed by atoms with E-state index in [9.17, 15) is 8.42 Å². The van der Waals surface area contributed by atoms with E-state index in [0.717, 1.165) is 25.7 Å². The second-order valence-corrected chi connectivity index (χ2v) is 7.61. The maximum Gasteiger partial charge on any atom is 0.246 e. The lowest BCUT2D eigenvalue weighted by Gasteiger charge is -2.23. The van der Waals surface area contributed by atoms with E-state index in [1.165, 1.54) is 16.4 Å². The van der Waals surface area contributed by atoms with E-state index in [4.69, 9.17) is 28.9 Å². The van der Waals surface area contributed by atoms with Crippen molar-refractivity contribution < 1.29 is 8.42 Å². The van der Waals surface area contributed by atoms with Crippen molar-refractivity contribution in [1.82, 2.24) is 4.31 Å². The van der Waals surface area contributed by atoms with Crippen LogP contribution in [0.3, 0.4) is 0 Å². The normalized spacial score (nSPS) is 12.0. The van der Waals surface area contributed by atoms with Crippen LogP contribution in [0, 0.1) is 0 Å². The number of nitrogen functional groups attached to an aromatic ring is 1. The molecular weight excluding hydrogens is 331 g/mol. The van der Waals surface area contributed by atoms with Crippen molar-refractivity contribution >= 4 is 38.9 Å². The van der Waals surface area contributed by atoms with E-state index in [0.29, 0.717) is 18.8 Å². The van der Waals surface area contributed by atoms with Crippen molar-refractivity contribution in [1.29, 1.82) is 0 Å². The number of halogens is 2.